The lowest BCUT2D eigenvalue weighted by atomic mass is 9.99. The summed E-state index contributed by atoms with van der Waals surface area (Å²) >= 11 is 0. The topological polar surface area (TPSA) is 24.9 Å². The van der Waals surface area contributed by atoms with Gasteiger partial charge in [-0.05, 0) is 72.9 Å². The number of hydrogen-bond acceptors (Lipinski definition) is 4. The largest absolute Gasteiger partial charge is 0.465 e. The molecule has 152 valence electrons. The highest BCUT2D eigenvalue weighted by Crippen LogP contribution is 2.40. The fraction of sp³-hybridized carbons (Fsp3) is 0.231. The van der Waals surface area contributed by atoms with Gasteiger partial charge in [0.15, 0.2) is 17.9 Å². The molecule has 1 unspecified atom stereocenters. The second kappa shape index (κ2) is 7.45. The summed E-state index contributed by atoms with van der Waals surface area (Å²) in [6.07, 6.45) is 14.9. The molecule has 2 heterocycles. The first-order chi connectivity index (χ1) is 14.6. The van der Waals surface area contributed by atoms with Gasteiger partial charge in [-0.2, -0.15) is 0 Å². The molecule has 0 N–H and O–H groups in total. The average Bonchev–Trinajstić information content (AvgIpc) is 3.25. The van der Waals surface area contributed by atoms with Crippen molar-refractivity contribution in [3.8, 4) is 11.5 Å². The van der Waals surface area contributed by atoms with E-state index in [0.717, 1.165) is 41.6 Å². The molecule has 2 aromatic rings. The number of aryl methyl sites for hydroxylation is 1. The van der Waals surface area contributed by atoms with Crippen LogP contribution in [0.2, 0.25) is 0 Å². The molecular formula is C26H26N2O2. The number of hydrogen-bond donors (Lipinski definition) is 0. The smallest absolute Gasteiger partial charge is 0.200 e. The molecule has 1 aliphatic carbocycles. The summed E-state index contributed by atoms with van der Waals surface area (Å²) in [5.74, 6) is 2.62. The van der Waals surface area contributed by atoms with Crippen LogP contribution in [0.4, 0.5) is 11.4 Å². The van der Waals surface area contributed by atoms with Gasteiger partial charge in [-0.15, -0.1) is 0 Å². The van der Waals surface area contributed by atoms with Crippen LogP contribution in [-0.2, 0) is 0 Å². The van der Waals surface area contributed by atoms with Crippen molar-refractivity contribution in [1.29, 1.82) is 0 Å². The highest BCUT2D eigenvalue weighted by atomic mass is 16.5. The normalized spacial score (nSPS) is 21.0. The van der Waals surface area contributed by atoms with Gasteiger partial charge in [0, 0.05) is 14.1 Å². The van der Waals surface area contributed by atoms with Gasteiger partial charge in [-0.25, -0.2) is 0 Å². The van der Waals surface area contributed by atoms with Gasteiger partial charge in [0.05, 0.1) is 11.4 Å². The van der Waals surface area contributed by atoms with Gasteiger partial charge < -0.3 is 19.3 Å². The Morgan fingerprint density at radius 3 is 2.70 bits per heavy atom. The SMILES string of the molecule is Cc1ccc2c(c1)N(C)C(=CC=CC1Oc3ccc(C4=CCCC=C4)cc3N1C)O2. The molecule has 0 saturated carbocycles. The van der Waals surface area contributed by atoms with Crippen LogP contribution in [0.5, 0.6) is 11.5 Å². The summed E-state index contributed by atoms with van der Waals surface area (Å²) in [7, 11) is 4.09. The molecule has 4 heteroatoms. The first kappa shape index (κ1) is 18.6. The van der Waals surface area contributed by atoms with E-state index < -0.39 is 0 Å². The van der Waals surface area contributed by atoms with Crippen LogP contribution < -0.4 is 19.3 Å². The van der Waals surface area contributed by atoms with E-state index >= 15 is 0 Å². The number of anilines is 2. The molecule has 0 radical (unpaired) electrons. The van der Waals surface area contributed by atoms with Crippen LogP contribution in [0.25, 0.3) is 5.57 Å². The quantitative estimate of drug-likeness (QED) is 0.651. The zero-order valence-electron chi connectivity index (χ0n) is 17.6. The maximum absolute atomic E-state index is 6.15. The van der Waals surface area contributed by atoms with E-state index in [4.69, 9.17) is 9.47 Å². The fourth-order valence-corrected chi connectivity index (χ4v) is 4.07. The van der Waals surface area contributed by atoms with Crippen LogP contribution in [0.1, 0.15) is 24.0 Å². The Labute approximate surface area is 178 Å². The van der Waals surface area contributed by atoms with Crippen LogP contribution >= 0.6 is 0 Å². The van der Waals surface area contributed by atoms with Gasteiger partial charge in [-0.3, -0.25) is 0 Å². The highest BCUT2D eigenvalue weighted by molar-refractivity contribution is 5.79. The molecule has 2 aromatic carbocycles. The summed E-state index contributed by atoms with van der Waals surface area (Å²) < 4.78 is 12.1. The Bertz CT molecular complexity index is 1110. The van der Waals surface area contributed by atoms with E-state index in [-0.39, 0.29) is 6.23 Å². The lowest BCUT2D eigenvalue weighted by molar-refractivity contribution is 0.279. The molecule has 4 nitrogen and oxygen atoms in total. The van der Waals surface area contributed by atoms with Crippen molar-refractivity contribution in [2.24, 2.45) is 0 Å². The average molecular weight is 399 g/mol. The second-order valence-electron chi connectivity index (χ2n) is 7.96. The Kier molecular flexibility index (Phi) is 4.62. The van der Waals surface area contributed by atoms with E-state index in [0.29, 0.717) is 0 Å². The van der Waals surface area contributed by atoms with Crippen LogP contribution in [0.15, 0.2) is 78.7 Å². The van der Waals surface area contributed by atoms with Gasteiger partial charge >= 0.3 is 0 Å². The van der Waals surface area contributed by atoms with Crippen LogP contribution in [0, 0.1) is 6.92 Å². The molecule has 0 amide bonds. The predicted molar refractivity (Wildman–Crippen MR) is 123 cm³/mol. The number of ether oxygens (including phenoxy) is 2. The Balaban J connectivity index is 1.31. The Morgan fingerprint density at radius 1 is 1.00 bits per heavy atom. The number of fused-ring (bicyclic) bond motifs is 2. The lowest BCUT2D eigenvalue weighted by Crippen LogP contribution is -2.28. The number of benzene rings is 2. The van der Waals surface area contributed by atoms with E-state index in [1.807, 2.05) is 25.3 Å². The van der Waals surface area contributed by atoms with Crippen molar-refractivity contribution < 1.29 is 9.47 Å². The second-order valence-corrected chi connectivity index (χ2v) is 7.96. The summed E-state index contributed by atoms with van der Waals surface area (Å²) in [6, 6.07) is 12.7. The number of nitrogens with zero attached hydrogens (tertiary/aromatic N) is 2. The first-order valence-corrected chi connectivity index (χ1v) is 10.4. The minimum Gasteiger partial charge on any atom is -0.465 e. The molecule has 0 spiro atoms. The molecule has 30 heavy (non-hydrogen) atoms. The van der Waals surface area contributed by atoms with Gasteiger partial charge in [0.25, 0.3) is 0 Å². The fourth-order valence-electron chi connectivity index (χ4n) is 4.07. The van der Waals surface area contributed by atoms with E-state index in [9.17, 15) is 0 Å². The molecular weight excluding hydrogens is 372 g/mol. The third-order valence-corrected chi connectivity index (χ3v) is 5.83. The lowest BCUT2D eigenvalue weighted by Gasteiger charge is -2.17. The molecule has 0 bridgehead atoms. The van der Waals surface area contributed by atoms with Crippen molar-refractivity contribution in [1.82, 2.24) is 0 Å². The van der Waals surface area contributed by atoms with E-state index in [1.54, 1.807) is 0 Å². The molecule has 2 aliphatic heterocycles. The number of likely N-dealkylation sites (N-methyl/N-ethyl adjacent to an activating group) is 1. The molecule has 3 aliphatic rings. The van der Waals surface area contributed by atoms with Crippen LogP contribution in [-0.4, -0.2) is 20.3 Å². The van der Waals surface area contributed by atoms with Gasteiger partial charge in [-0.1, -0.05) is 36.4 Å². The summed E-state index contributed by atoms with van der Waals surface area (Å²) in [4.78, 5) is 4.23. The summed E-state index contributed by atoms with van der Waals surface area (Å²) in [5, 5.41) is 0. The summed E-state index contributed by atoms with van der Waals surface area (Å²) in [6.45, 7) is 2.09. The number of allylic oxidation sites excluding steroid dienone is 6. The maximum atomic E-state index is 6.15. The summed E-state index contributed by atoms with van der Waals surface area (Å²) in [5.41, 5.74) is 5.96. The third-order valence-electron chi connectivity index (χ3n) is 5.83. The van der Waals surface area contributed by atoms with E-state index in [2.05, 4.69) is 78.4 Å². The Morgan fingerprint density at radius 2 is 1.87 bits per heavy atom. The zero-order valence-corrected chi connectivity index (χ0v) is 17.6. The highest BCUT2D eigenvalue weighted by Gasteiger charge is 2.27. The molecule has 0 saturated heterocycles. The van der Waals surface area contributed by atoms with E-state index in [1.165, 1.54) is 16.7 Å². The maximum Gasteiger partial charge on any atom is 0.200 e. The molecule has 0 fully saturated rings. The third kappa shape index (κ3) is 3.28. The minimum atomic E-state index is -0.140. The number of rotatable bonds is 3. The van der Waals surface area contributed by atoms with Crippen molar-refractivity contribution >= 4 is 16.9 Å². The molecule has 1 atom stereocenters. The zero-order chi connectivity index (χ0) is 20.7. The van der Waals surface area contributed by atoms with Gasteiger partial charge in [0.2, 0.25) is 0 Å². The van der Waals surface area contributed by atoms with Crippen molar-refractivity contribution in [3.63, 3.8) is 0 Å². The van der Waals surface area contributed by atoms with Crippen LogP contribution in [0.3, 0.4) is 0 Å². The van der Waals surface area contributed by atoms with Crippen molar-refractivity contribution in [3.05, 3.63) is 89.9 Å². The monoisotopic (exact) mass is 398 g/mol. The Hall–Kier alpha value is -3.40. The standard InChI is InChI=1S/C26H26N2O2/c1-18-12-14-23-21(16-18)27(2)25(29-23)10-7-11-26-28(3)22-17-20(13-15-24(22)30-26)19-8-5-4-6-9-19/h5,7-17,26H,4,6H2,1-3H3. The van der Waals surface area contributed by atoms with Crippen molar-refractivity contribution in [2.75, 3.05) is 23.9 Å². The molecule has 0 aromatic heterocycles. The molecule has 5 rings (SSSR count). The van der Waals surface area contributed by atoms with Crippen molar-refractivity contribution in [2.45, 2.75) is 26.0 Å². The first-order valence-electron chi connectivity index (χ1n) is 10.4. The predicted octanol–water partition coefficient (Wildman–Crippen LogP) is 5.81. The minimum absolute atomic E-state index is 0.140. The van der Waals surface area contributed by atoms with Gasteiger partial charge in [0.1, 0.15) is 5.75 Å².